The van der Waals surface area contributed by atoms with Gasteiger partial charge in [-0.25, -0.2) is 17.5 Å². The van der Waals surface area contributed by atoms with E-state index >= 15 is 0 Å². The zero-order valence-corrected chi connectivity index (χ0v) is 17.6. The second-order valence-corrected chi connectivity index (χ2v) is 9.25. The highest BCUT2D eigenvalue weighted by molar-refractivity contribution is 7.98. The monoisotopic (exact) mass is 424 g/mol. The van der Waals surface area contributed by atoms with Crippen LogP contribution in [0.1, 0.15) is 23.1 Å². The highest BCUT2D eigenvalue weighted by atomic mass is 32.2. The lowest BCUT2D eigenvalue weighted by atomic mass is 10.2. The predicted molar refractivity (Wildman–Crippen MR) is 111 cm³/mol. The highest BCUT2D eigenvalue weighted by Gasteiger charge is 2.16. The van der Waals surface area contributed by atoms with Crippen LogP contribution in [0, 0.1) is 19.7 Å². The summed E-state index contributed by atoms with van der Waals surface area (Å²) in [4.78, 5) is 12.1. The SMILES string of the molecule is Cc1ccc(S(=O)(=O)NCCC(=O)NCCSCc2ccccc2F)c(C)c1. The van der Waals surface area contributed by atoms with Crippen molar-refractivity contribution < 1.29 is 17.6 Å². The first-order valence-electron chi connectivity index (χ1n) is 8.94. The molecule has 0 heterocycles. The zero-order valence-electron chi connectivity index (χ0n) is 16.0. The lowest BCUT2D eigenvalue weighted by Crippen LogP contribution is -2.32. The van der Waals surface area contributed by atoms with Crippen LogP contribution in [0.15, 0.2) is 47.4 Å². The number of carbonyl (C=O) groups is 1. The van der Waals surface area contributed by atoms with Gasteiger partial charge in [-0.15, -0.1) is 0 Å². The molecular weight excluding hydrogens is 399 g/mol. The van der Waals surface area contributed by atoms with E-state index < -0.39 is 10.0 Å². The fourth-order valence-electron chi connectivity index (χ4n) is 2.63. The van der Waals surface area contributed by atoms with Crippen molar-refractivity contribution in [3.63, 3.8) is 0 Å². The molecule has 2 aromatic rings. The molecule has 1 amide bonds. The van der Waals surface area contributed by atoms with E-state index in [1.807, 2.05) is 6.92 Å². The third kappa shape index (κ3) is 6.92. The van der Waals surface area contributed by atoms with Crippen molar-refractivity contribution in [1.29, 1.82) is 0 Å². The molecule has 0 aliphatic rings. The summed E-state index contributed by atoms with van der Waals surface area (Å²) in [5.41, 5.74) is 2.30. The first kappa shape index (κ1) is 22.4. The van der Waals surface area contributed by atoms with Gasteiger partial charge in [0, 0.05) is 31.0 Å². The van der Waals surface area contributed by atoms with Crippen molar-refractivity contribution >= 4 is 27.7 Å². The minimum Gasteiger partial charge on any atom is -0.355 e. The third-order valence-electron chi connectivity index (χ3n) is 4.05. The molecule has 0 unspecified atom stereocenters. The smallest absolute Gasteiger partial charge is 0.240 e. The fraction of sp³-hybridized carbons (Fsp3) is 0.350. The van der Waals surface area contributed by atoms with Crippen molar-refractivity contribution in [3.05, 3.63) is 65.0 Å². The second kappa shape index (κ2) is 10.6. The number of benzene rings is 2. The van der Waals surface area contributed by atoms with Gasteiger partial charge in [0.25, 0.3) is 0 Å². The minimum atomic E-state index is -3.64. The van der Waals surface area contributed by atoms with Gasteiger partial charge in [-0.05, 0) is 37.1 Å². The predicted octanol–water partition coefficient (Wildman–Crippen LogP) is 3.16. The summed E-state index contributed by atoms with van der Waals surface area (Å²) in [5.74, 6) is 0.733. The molecule has 0 saturated carbocycles. The Morgan fingerprint density at radius 2 is 1.86 bits per heavy atom. The van der Waals surface area contributed by atoms with Crippen LogP contribution in [0.5, 0.6) is 0 Å². The standard InChI is InChI=1S/C20H25FN2O3S2/c1-15-7-8-19(16(2)13-15)28(25,26)23-10-9-20(24)22-11-12-27-14-17-5-3-4-6-18(17)21/h3-8,13,23H,9-12,14H2,1-2H3,(H,22,24). The van der Waals surface area contributed by atoms with Gasteiger partial charge in [0.05, 0.1) is 4.90 Å². The first-order chi connectivity index (χ1) is 13.3. The van der Waals surface area contributed by atoms with Gasteiger partial charge in [0.15, 0.2) is 0 Å². The number of sulfonamides is 1. The van der Waals surface area contributed by atoms with Crippen LogP contribution in [0.25, 0.3) is 0 Å². The summed E-state index contributed by atoms with van der Waals surface area (Å²) >= 11 is 1.52. The Balaban J connectivity index is 1.66. The third-order valence-corrected chi connectivity index (χ3v) is 6.68. The summed E-state index contributed by atoms with van der Waals surface area (Å²) < 4.78 is 40.6. The zero-order chi connectivity index (χ0) is 20.6. The quantitative estimate of drug-likeness (QED) is 0.575. The van der Waals surface area contributed by atoms with Crippen molar-refractivity contribution in [3.8, 4) is 0 Å². The van der Waals surface area contributed by atoms with Crippen molar-refractivity contribution in [1.82, 2.24) is 10.0 Å². The number of amides is 1. The van der Waals surface area contributed by atoms with Gasteiger partial charge in [0.2, 0.25) is 15.9 Å². The van der Waals surface area contributed by atoms with E-state index in [1.54, 1.807) is 43.3 Å². The van der Waals surface area contributed by atoms with Gasteiger partial charge in [-0.2, -0.15) is 11.8 Å². The van der Waals surface area contributed by atoms with Gasteiger partial charge in [0.1, 0.15) is 5.82 Å². The van der Waals surface area contributed by atoms with E-state index in [4.69, 9.17) is 0 Å². The van der Waals surface area contributed by atoms with Crippen LogP contribution in [-0.4, -0.2) is 33.2 Å². The lowest BCUT2D eigenvalue weighted by Gasteiger charge is -2.10. The molecule has 8 heteroatoms. The van der Waals surface area contributed by atoms with Crippen LogP contribution in [-0.2, 0) is 20.6 Å². The van der Waals surface area contributed by atoms with E-state index in [9.17, 15) is 17.6 Å². The Kier molecular flexibility index (Phi) is 8.47. The molecule has 152 valence electrons. The first-order valence-corrected chi connectivity index (χ1v) is 11.6. The number of hydrogen-bond donors (Lipinski definition) is 2. The van der Waals surface area contributed by atoms with Crippen LogP contribution in [0.2, 0.25) is 0 Å². The van der Waals surface area contributed by atoms with Crippen LogP contribution in [0.3, 0.4) is 0 Å². The number of aryl methyl sites for hydroxylation is 2. The van der Waals surface area contributed by atoms with E-state index in [0.29, 0.717) is 29.2 Å². The van der Waals surface area contributed by atoms with Crippen LogP contribution < -0.4 is 10.0 Å². The van der Waals surface area contributed by atoms with Gasteiger partial charge >= 0.3 is 0 Å². The van der Waals surface area contributed by atoms with E-state index in [2.05, 4.69) is 10.0 Å². The molecule has 0 atom stereocenters. The Bertz CT molecular complexity index is 917. The Hall–Kier alpha value is -1.90. The van der Waals surface area contributed by atoms with Crippen LogP contribution in [0.4, 0.5) is 4.39 Å². The molecule has 5 nitrogen and oxygen atoms in total. The van der Waals surface area contributed by atoms with Crippen molar-refractivity contribution in [2.45, 2.75) is 30.9 Å². The number of halogens is 1. The maximum absolute atomic E-state index is 13.5. The van der Waals surface area contributed by atoms with Crippen LogP contribution >= 0.6 is 11.8 Å². The Labute approximate surface area is 170 Å². The molecule has 0 radical (unpaired) electrons. The molecular formula is C20H25FN2O3S2. The van der Waals surface area contributed by atoms with Gasteiger partial charge < -0.3 is 5.32 Å². The molecule has 0 aliphatic carbocycles. The Morgan fingerprint density at radius 1 is 1.11 bits per heavy atom. The molecule has 2 N–H and O–H groups in total. The highest BCUT2D eigenvalue weighted by Crippen LogP contribution is 2.16. The molecule has 0 saturated heterocycles. The number of thioether (sulfide) groups is 1. The van der Waals surface area contributed by atoms with Gasteiger partial charge in [-0.3, -0.25) is 4.79 Å². The molecule has 0 spiro atoms. The second-order valence-electron chi connectivity index (χ2n) is 6.41. The molecule has 2 rings (SSSR count). The maximum Gasteiger partial charge on any atom is 0.240 e. The molecule has 0 aromatic heterocycles. The van der Waals surface area contributed by atoms with E-state index in [-0.39, 0.29) is 29.6 Å². The summed E-state index contributed by atoms with van der Waals surface area (Å²) in [6.07, 6.45) is 0.0577. The summed E-state index contributed by atoms with van der Waals surface area (Å²) in [5, 5.41) is 2.74. The molecule has 0 aliphatic heterocycles. The summed E-state index contributed by atoms with van der Waals surface area (Å²) in [7, 11) is -3.64. The summed E-state index contributed by atoms with van der Waals surface area (Å²) in [6, 6.07) is 11.7. The van der Waals surface area contributed by atoms with Gasteiger partial charge in [-0.1, -0.05) is 35.9 Å². The number of nitrogens with one attached hydrogen (secondary N) is 2. The normalized spacial score (nSPS) is 11.4. The number of carbonyl (C=O) groups excluding carboxylic acids is 1. The molecule has 0 bridgehead atoms. The molecule has 28 heavy (non-hydrogen) atoms. The van der Waals surface area contributed by atoms with Crippen molar-refractivity contribution in [2.75, 3.05) is 18.8 Å². The maximum atomic E-state index is 13.5. The fourth-order valence-corrected chi connectivity index (χ4v) is 4.73. The van der Waals surface area contributed by atoms with E-state index in [0.717, 1.165) is 5.56 Å². The topological polar surface area (TPSA) is 75.3 Å². The van der Waals surface area contributed by atoms with Crippen molar-refractivity contribution in [2.24, 2.45) is 0 Å². The lowest BCUT2D eigenvalue weighted by molar-refractivity contribution is -0.120. The largest absolute Gasteiger partial charge is 0.355 e. The minimum absolute atomic E-state index is 0.0316. The average Bonchev–Trinajstić information content (AvgIpc) is 2.62. The molecule has 2 aromatic carbocycles. The number of rotatable bonds is 10. The Morgan fingerprint density at radius 3 is 2.57 bits per heavy atom. The summed E-state index contributed by atoms with van der Waals surface area (Å²) in [6.45, 7) is 4.12. The number of hydrogen-bond acceptors (Lipinski definition) is 4. The average molecular weight is 425 g/mol. The molecule has 0 fully saturated rings. The van der Waals surface area contributed by atoms with E-state index in [1.165, 1.54) is 17.8 Å².